The van der Waals surface area contributed by atoms with Crippen molar-refractivity contribution in [2.75, 3.05) is 31.6 Å². The lowest BCUT2D eigenvalue weighted by molar-refractivity contribution is -0.122. The van der Waals surface area contributed by atoms with Crippen LogP contribution in [0.1, 0.15) is 12.0 Å². The molecule has 100 valence electrons. The zero-order valence-electron chi connectivity index (χ0n) is 11.0. The van der Waals surface area contributed by atoms with Crippen molar-refractivity contribution in [1.29, 1.82) is 5.26 Å². The molecule has 0 spiro atoms. The third-order valence-corrected chi connectivity index (χ3v) is 3.49. The first-order chi connectivity index (χ1) is 9.17. The molecule has 0 saturated carbocycles. The van der Waals surface area contributed by atoms with E-state index >= 15 is 0 Å². The van der Waals surface area contributed by atoms with Crippen LogP contribution in [0.3, 0.4) is 0 Å². The van der Waals surface area contributed by atoms with Crippen LogP contribution in [-0.4, -0.2) is 43.5 Å². The summed E-state index contributed by atoms with van der Waals surface area (Å²) in [5, 5.41) is 8.94. The molecule has 1 amide bonds. The van der Waals surface area contributed by atoms with Gasteiger partial charge in [0.25, 0.3) is 0 Å². The third-order valence-electron chi connectivity index (χ3n) is 3.49. The summed E-state index contributed by atoms with van der Waals surface area (Å²) >= 11 is 0. The van der Waals surface area contributed by atoms with Gasteiger partial charge in [0.15, 0.2) is 0 Å². The van der Waals surface area contributed by atoms with Crippen LogP contribution in [0.5, 0.6) is 0 Å². The zero-order chi connectivity index (χ0) is 13.8. The van der Waals surface area contributed by atoms with E-state index in [1.807, 2.05) is 18.0 Å². The first-order valence-corrected chi connectivity index (χ1v) is 6.39. The Morgan fingerprint density at radius 3 is 2.95 bits per heavy atom. The Bertz CT molecular complexity index is 508. The Morgan fingerprint density at radius 1 is 1.47 bits per heavy atom. The number of benzene rings is 1. The molecule has 5 nitrogen and oxygen atoms in total. The van der Waals surface area contributed by atoms with Gasteiger partial charge in [0, 0.05) is 25.3 Å². The van der Waals surface area contributed by atoms with Gasteiger partial charge in [0.05, 0.1) is 11.6 Å². The van der Waals surface area contributed by atoms with Crippen LogP contribution in [0.2, 0.25) is 0 Å². The molecule has 1 unspecified atom stereocenters. The fraction of sp³-hybridized carbons (Fsp3) is 0.429. The molecule has 0 bridgehead atoms. The van der Waals surface area contributed by atoms with E-state index in [0.717, 1.165) is 18.7 Å². The maximum absolute atomic E-state index is 12.5. The van der Waals surface area contributed by atoms with E-state index in [9.17, 15) is 4.79 Å². The molecular formula is C14H18N4O. The molecule has 0 radical (unpaired) electrons. The van der Waals surface area contributed by atoms with Gasteiger partial charge < -0.3 is 10.6 Å². The number of nitrogens with zero attached hydrogens (tertiary/aromatic N) is 3. The molecule has 2 N–H and O–H groups in total. The van der Waals surface area contributed by atoms with Crippen LogP contribution < -0.4 is 10.6 Å². The Hall–Kier alpha value is -1.90. The summed E-state index contributed by atoms with van der Waals surface area (Å²) in [4.78, 5) is 16.2. The molecule has 1 heterocycles. The number of anilines is 1. The molecule has 0 aromatic heterocycles. The molecule has 1 fully saturated rings. The Morgan fingerprint density at radius 2 is 2.26 bits per heavy atom. The van der Waals surface area contributed by atoms with Crippen LogP contribution in [0.25, 0.3) is 0 Å². The minimum Gasteiger partial charge on any atom is -0.328 e. The third kappa shape index (κ3) is 2.75. The van der Waals surface area contributed by atoms with E-state index in [2.05, 4.69) is 6.07 Å². The van der Waals surface area contributed by atoms with Crippen molar-refractivity contribution in [2.24, 2.45) is 5.73 Å². The van der Waals surface area contributed by atoms with Gasteiger partial charge >= 0.3 is 0 Å². The molecule has 5 heteroatoms. The van der Waals surface area contributed by atoms with Gasteiger partial charge in [-0.3, -0.25) is 9.69 Å². The van der Waals surface area contributed by atoms with Crippen molar-refractivity contribution in [2.45, 2.75) is 12.5 Å². The highest BCUT2D eigenvalue weighted by atomic mass is 16.2. The predicted octanol–water partition coefficient (Wildman–Crippen LogP) is 0.554. The minimum absolute atomic E-state index is 0.0117. The lowest BCUT2D eigenvalue weighted by atomic mass is 10.1. The van der Waals surface area contributed by atoms with Crippen molar-refractivity contribution in [3.8, 4) is 6.07 Å². The quantitative estimate of drug-likeness (QED) is 0.841. The fourth-order valence-corrected chi connectivity index (χ4v) is 2.39. The first kappa shape index (κ1) is 13.5. The number of carbonyl (C=O) groups is 1. The fourth-order valence-electron chi connectivity index (χ4n) is 2.39. The minimum atomic E-state index is -0.284. The maximum Gasteiger partial charge on any atom is 0.245 e. The summed E-state index contributed by atoms with van der Waals surface area (Å²) in [5.74, 6) is 0.0117. The lowest BCUT2D eigenvalue weighted by Gasteiger charge is -2.27. The Labute approximate surface area is 113 Å². The summed E-state index contributed by atoms with van der Waals surface area (Å²) in [6.07, 6.45) is 0.898. The lowest BCUT2D eigenvalue weighted by Crippen LogP contribution is -2.48. The smallest absolute Gasteiger partial charge is 0.245 e. The normalized spacial score (nSPS) is 21.0. The number of nitriles is 1. The van der Waals surface area contributed by atoms with Gasteiger partial charge in [0.2, 0.25) is 5.91 Å². The number of hydrogen-bond donors (Lipinski definition) is 1. The first-order valence-electron chi connectivity index (χ1n) is 6.39. The second kappa shape index (κ2) is 5.83. The Kier molecular flexibility index (Phi) is 4.15. The number of likely N-dealkylation sites (N-methyl/N-ethyl adjacent to an activating group) is 1. The number of amides is 1. The van der Waals surface area contributed by atoms with Crippen LogP contribution in [-0.2, 0) is 4.79 Å². The number of nitrogens with two attached hydrogens (primary N) is 1. The second-order valence-corrected chi connectivity index (χ2v) is 4.74. The number of hydrogen-bond acceptors (Lipinski definition) is 4. The molecule has 1 aromatic rings. The highest BCUT2D eigenvalue weighted by Gasteiger charge is 2.30. The van der Waals surface area contributed by atoms with E-state index in [1.165, 1.54) is 0 Å². The number of rotatable bonds is 2. The van der Waals surface area contributed by atoms with Gasteiger partial charge in [-0.1, -0.05) is 6.07 Å². The second-order valence-electron chi connectivity index (χ2n) is 4.74. The van der Waals surface area contributed by atoms with Crippen molar-refractivity contribution >= 4 is 11.6 Å². The predicted molar refractivity (Wildman–Crippen MR) is 73.6 cm³/mol. The molecule has 19 heavy (non-hydrogen) atoms. The SMILES string of the molecule is CN1CCCN(c2cccc(C#N)c2)C(=O)C1CN. The summed E-state index contributed by atoms with van der Waals surface area (Å²) < 4.78 is 0. The average molecular weight is 258 g/mol. The van der Waals surface area contributed by atoms with Gasteiger partial charge in [-0.25, -0.2) is 0 Å². The highest BCUT2D eigenvalue weighted by Crippen LogP contribution is 2.20. The molecule has 1 atom stereocenters. The molecule has 1 aromatic carbocycles. The average Bonchev–Trinajstić information content (AvgIpc) is 2.57. The van der Waals surface area contributed by atoms with Gasteiger partial charge in [-0.2, -0.15) is 5.26 Å². The summed E-state index contributed by atoms with van der Waals surface area (Å²) in [6, 6.07) is 8.95. The summed E-state index contributed by atoms with van der Waals surface area (Å²) in [7, 11) is 1.92. The van der Waals surface area contributed by atoms with E-state index in [1.54, 1.807) is 23.1 Å². The van der Waals surface area contributed by atoms with Crippen molar-refractivity contribution in [1.82, 2.24) is 4.90 Å². The van der Waals surface area contributed by atoms with Gasteiger partial charge in [0.1, 0.15) is 6.04 Å². The molecular weight excluding hydrogens is 240 g/mol. The summed E-state index contributed by atoms with van der Waals surface area (Å²) in [5.41, 5.74) is 7.05. The van der Waals surface area contributed by atoms with E-state index < -0.39 is 0 Å². The van der Waals surface area contributed by atoms with Crippen LogP contribution >= 0.6 is 0 Å². The molecule has 1 aliphatic rings. The van der Waals surface area contributed by atoms with Crippen LogP contribution in [0.15, 0.2) is 24.3 Å². The van der Waals surface area contributed by atoms with Crippen LogP contribution in [0, 0.1) is 11.3 Å². The molecule has 1 aliphatic heterocycles. The largest absolute Gasteiger partial charge is 0.328 e. The van der Waals surface area contributed by atoms with E-state index in [-0.39, 0.29) is 11.9 Å². The van der Waals surface area contributed by atoms with Gasteiger partial charge in [-0.05, 0) is 31.7 Å². The maximum atomic E-state index is 12.5. The molecule has 0 aliphatic carbocycles. The van der Waals surface area contributed by atoms with Crippen molar-refractivity contribution in [3.05, 3.63) is 29.8 Å². The standard InChI is InChI=1S/C14H18N4O/c1-17-6-3-7-18(14(19)13(17)10-16)12-5-2-4-11(8-12)9-15/h2,4-5,8,13H,3,6-7,10,16H2,1H3. The number of carbonyl (C=O) groups excluding carboxylic acids is 1. The van der Waals surface area contributed by atoms with Gasteiger partial charge in [-0.15, -0.1) is 0 Å². The van der Waals surface area contributed by atoms with E-state index in [4.69, 9.17) is 11.0 Å². The zero-order valence-corrected chi connectivity index (χ0v) is 11.0. The van der Waals surface area contributed by atoms with Crippen molar-refractivity contribution < 1.29 is 4.79 Å². The topological polar surface area (TPSA) is 73.4 Å². The molecule has 2 rings (SSSR count). The van der Waals surface area contributed by atoms with Crippen LogP contribution in [0.4, 0.5) is 5.69 Å². The Balaban J connectivity index is 2.32. The van der Waals surface area contributed by atoms with Crippen molar-refractivity contribution in [3.63, 3.8) is 0 Å². The molecule has 1 saturated heterocycles. The monoisotopic (exact) mass is 258 g/mol. The highest BCUT2D eigenvalue weighted by molar-refractivity contribution is 5.97. The van der Waals surface area contributed by atoms with E-state index in [0.29, 0.717) is 18.7 Å². The summed E-state index contributed by atoms with van der Waals surface area (Å²) in [6.45, 7) is 1.82.